The Morgan fingerprint density at radius 2 is 1.73 bits per heavy atom. The lowest BCUT2D eigenvalue weighted by molar-refractivity contribution is -0.384. The van der Waals surface area contributed by atoms with Crippen LogP contribution >= 0.6 is 11.8 Å². The van der Waals surface area contributed by atoms with Crippen molar-refractivity contribution in [3.8, 4) is 28.5 Å². The Hall–Kier alpha value is -4.28. The lowest BCUT2D eigenvalue weighted by Crippen LogP contribution is -1.97. The normalized spacial score (nSPS) is 10.4. The first-order valence-corrected chi connectivity index (χ1v) is 10.8. The molecule has 1 aromatic heterocycles. The van der Waals surface area contributed by atoms with E-state index in [1.165, 1.54) is 18.2 Å². The second-order valence-electron chi connectivity index (χ2n) is 7.28. The average Bonchev–Trinajstić information content (AvgIpc) is 2.84. The molecule has 0 N–H and O–H groups in total. The van der Waals surface area contributed by atoms with Gasteiger partial charge < -0.3 is 0 Å². The topological polar surface area (TPSA) is 96.9 Å². The van der Waals surface area contributed by atoms with Gasteiger partial charge in [-0.05, 0) is 24.6 Å². The van der Waals surface area contributed by atoms with E-state index in [1.807, 2.05) is 67.6 Å². The van der Waals surface area contributed by atoms with Gasteiger partial charge in [-0.1, -0.05) is 71.9 Å². The Kier molecular flexibility index (Phi) is 6.29. The van der Waals surface area contributed by atoms with Gasteiger partial charge in [0.15, 0.2) is 6.29 Å². The maximum Gasteiger partial charge on any atom is 0.270 e. The van der Waals surface area contributed by atoms with Gasteiger partial charge >= 0.3 is 0 Å². The number of aryl methyl sites for hydroxylation is 1. The number of hydrogen-bond donors (Lipinski definition) is 0. The van der Waals surface area contributed by atoms with E-state index in [1.54, 1.807) is 0 Å². The molecular formula is C26H17N3O3S. The first-order chi connectivity index (χ1) is 16.0. The molecule has 3 aromatic carbocycles. The van der Waals surface area contributed by atoms with Crippen molar-refractivity contribution in [2.75, 3.05) is 0 Å². The number of carbonyl (C=O) groups excluding carboxylic acids is 1. The van der Waals surface area contributed by atoms with Gasteiger partial charge in [-0.25, -0.2) is 4.98 Å². The van der Waals surface area contributed by atoms with E-state index in [0.29, 0.717) is 27.5 Å². The van der Waals surface area contributed by atoms with Gasteiger partial charge in [-0.3, -0.25) is 14.9 Å². The fourth-order valence-corrected chi connectivity index (χ4v) is 4.33. The van der Waals surface area contributed by atoms with Crippen molar-refractivity contribution in [3.05, 3.63) is 106 Å². The van der Waals surface area contributed by atoms with Gasteiger partial charge in [-0.2, -0.15) is 5.26 Å². The Bertz CT molecular complexity index is 1400. The number of nitriles is 1. The van der Waals surface area contributed by atoms with Gasteiger partial charge in [0.05, 0.1) is 16.2 Å². The fraction of sp³-hybridized carbons (Fsp3) is 0.0385. The molecule has 0 aliphatic carbocycles. The maximum atomic E-state index is 11.6. The van der Waals surface area contributed by atoms with Gasteiger partial charge in [0, 0.05) is 33.7 Å². The van der Waals surface area contributed by atoms with Crippen molar-refractivity contribution < 1.29 is 9.72 Å². The lowest BCUT2D eigenvalue weighted by Gasteiger charge is -2.13. The molecule has 1 heterocycles. The summed E-state index contributed by atoms with van der Waals surface area (Å²) in [5, 5.41) is 21.6. The highest BCUT2D eigenvalue weighted by atomic mass is 32.2. The summed E-state index contributed by atoms with van der Waals surface area (Å²) in [6, 6.07) is 25.7. The Morgan fingerprint density at radius 1 is 1.00 bits per heavy atom. The molecule has 0 radical (unpaired) electrons. The fourth-order valence-electron chi connectivity index (χ4n) is 3.36. The van der Waals surface area contributed by atoms with Crippen molar-refractivity contribution in [3.63, 3.8) is 0 Å². The number of nitro groups is 1. The summed E-state index contributed by atoms with van der Waals surface area (Å²) in [4.78, 5) is 27.4. The molecule has 0 atom stereocenters. The van der Waals surface area contributed by atoms with Gasteiger partial charge in [0.2, 0.25) is 0 Å². The van der Waals surface area contributed by atoms with Crippen LogP contribution < -0.4 is 0 Å². The number of carbonyl (C=O) groups is 1. The molecule has 0 amide bonds. The van der Waals surface area contributed by atoms with Gasteiger partial charge in [0.1, 0.15) is 11.1 Å². The van der Waals surface area contributed by atoms with E-state index < -0.39 is 4.92 Å². The summed E-state index contributed by atoms with van der Waals surface area (Å²) in [6.45, 7) is 1.99. The zero-order valence-corrected chi connectivity index (χ0v) is 18.4. The van der Waals surface area contributed by atoms with E-state index in [2.05, 4.69) is 6.07 Å². The molecule has 7 heteroatoms. The smallest absolute Gasteiger partial charge is 0.270 e. The SMILES string of the molecule is Cc1ccc(-c2cc(-c3ccccc3)nc(Sc3ccc([N+](=O)[O-])cc3C=O)c2C#N)cc1. The van der Waals surface area contributed by atoms with Crippen molar-refractivity contribution in [1.29, 1.82) is 5.26 Å². The van der Waals surface area contributed by atoms with Crippen LogP contribution in [0.1, 0.15) is 21.5 Å². The summed E-state index contributed by atoms with van der Waals surface area (Å²) >= 11 is 1.14. The summed E-state index contributed by atoms with van der Waals surface area (Å²) in [6.07, 6.45) is 0.573. The number of rotatable bonds is 6. The van der Waals surface area contributed by atoms with Crippen LogP contribution in [0.2, 0.25) is 0 Å². The molecule has 6 nitrogen and oxygen atoms in total. The van der Waals surface area contributed by atoms with Crippen LogP contribution in [0.5, 0.6) is 0 Å². The van der Waals surface area contributed by atoms with Crippen LogP contribution in [-0.4, -0.2) is 16.2 Å². The number of non-ortho nitro benzene ring substituents is 1. The zero-order chi connectivity index (χ0) is 23.4. The Morgan fingerprint density at radius 3 is 2.36 bits per heavy atom. The standard InChI is InChI=1S/C26H17N3O3S/c1-17-7-9-18(10-8-17)22-14-24(19-5-3-2-4-6-19)28-26(23(22)15-27)33-25-12-11-21(29(31)32)13-20(25)16-30/h2-14,16H,1H3. The highest BCUT2D eigenvalue weighted by molar-refractivity contribution is 7.99. The number of aldehydes is 1. The van der Waals surface area contributed by atoms with Crippen molar-refractivity contribution in [2.45, 2.75) is 16.8 Å². The summed E-state index contributed by atoms with van der Waals surface area (Å²) in [5.74, 6) is 0. The largest absolute Gasteiger partial charge is 0.298 e. The minimum atomic E-state index is -0.550. The molecule has 0 aliphatic rings. The molecule has 4 aromatic rings. The van der Waals surface area contributed by atoms with Crippen molar-refractivity contribution >= 4 is 23.7 Å². The third kappa shape index (κ3) is 4.66. The highest BCUT2D eigenvalue weighted by Gasteiger charge is 2.19. The molecule has 4 rings (SSSR count). The third-order valence-electron chi connectivity index (χ3n) is 5.07. The first kappa shape index (κ1) is 21.9. The van der Waals surface area contributed by atoms with Crippen LogP contribution in [0.15, 0.2) is 88.8 Å². The summed E-state index contributed by atoms with van der Waals surface area (Å²) in [7, 11) is 0. The highest BCUT2D eigenvalue weighted by Crippen LogP contribution is 2.38. The van der Waals surface area contributed by atoms with Crippen LogP contribution in [0, 0.1) is 28.4 Å². The zero-order valence-electron chi connectivity index (χ0n) is 17.6. The number of nitrogens with zero attached hydrogens (tertiary/aromatic N) is 3. The molecule has 0 unspecified atom stereocenters. The van der Waals surface area contributed by atoms with Crippen molar-refractivity contribution in [2.24, 2.45) is 0 Å². The molecule has 0 saturated heterocycles. The van der Waals surface area contributed by atoms with E-state index in [-0.39, 0.29) is 11.3 Å². The number of aromatic nitrogens is 1. The quantitative estimate of drug-likeness (QED) is 0.189. The monoisotopic (exact) mass is 451 g/mol. The van der Waals surface area contributed by atoms with E-state index >= 15 is 0 Å². The molecule has 0 fully saturated rings. The van der Waals surface area contributed by atoms with Crippen molar-refractivity contribution in [1.82, 2.24) is 4.98 Å². The molecule has 0 spiro atoms. The molecule has 0 bridgehead atoms. The summed E-state index contributed by atoms with van der Waals surface area (Å²) in [5.41, 5.74) is 4.64. The number of benzene rings is 3. The first-order valence-electron chi connectivity index (χ1n) is 9.99. The number of pyridine rings is 1. The second kappa shape index (κ2) is 9.47. The van der Waals surface area contributed by atoms with Crippen LogP contribution in [0.25, 0.3) is 22.4 Å². The minimum absolute atomic E-state index is 0.168. The summed E-state index contributed by atoms with van der Waals surface area (Å²) < 4.78 is 0. The molecule has 0 aliphatic heterocycles. The number of hydrogen-bond acceptors (Lipinski definition) is 6. The molecule has 160 valence electrons. The van der Waals surface area contributed by atoms with E-state index in [4.69, 9.17) is 4.98 Å². The average molecular weight is 452 g/mol. The minimum Gasteiger partial charge on any atom is -0.298 e. The lowest BCUT2D eigenvalue weighted by atomic mass is 9.98. The van der Waals surface area contributed by atoms with Gasteiger partial charge in [-0.15, -0.1) is 0 Å². The van der Waals surface area contributed by atoms with Crippen LogP contribution in [0.4, 0.5) is 5.69 Å². The number of nitro benzene ring substituents is 1. The predicted octanol–water partition coefficient (Wildman–Crippen LogP) is 6.47. The molecular weight excluding hydrogens is 434 g/mol. The third-order valence-corrected chi connectivity index (χ3v) is 6.15. The van der Waals surface area contributed by atoms with E-state index in [0.717, 1.165) is 34.0 Å². The molecule has 0 saturated carbocycles. The van der Waals surface area contributed by atoms with Gasteiger partial charge in [0.25, 0.3) is 5.69 Å². The predicted molar refractivity (Wildman–Crippen MR) is 127 cm³/mol. The van der Waals surface area contributed by atoms with Crippen LogP contribution in [-0.2, 0) is 0 Å². The Balaban J connectivity index is 1.91. The Labute approximate surface area is 194 Å². The second-order valence-corrected chi connectivity index (χ2v) is 8.31. The van der Waals surface area contributed by atoms with E-state index in [9.17, 15) is 20.2 Å². The molecule has 33 heavy (non-hydrogen) atoms. The maximum absolute atomic E-state index is 11.6. The van der Waals surface area contributed by atoms with Crippen LogP contribution in [0.3, 0.4) is 0 Å².